The third kappa shape index (κ3) is 4.36. The number of aromatic nitrogens is 2. The largest absolute Gasteiger partial charge is 0.328 e. The molecule has 3 aromatic rings. The summed E-state index contributed by atoms with van der Waals surface area (Å²) >= 11 is 0. The van der Waals surface area contributed by atoms with Crippen LogP contribution in [0.1, 0.15) is 5.56 Å². The molecule has 2 aromatic carbocycles. The number of H-pyrrole nitrogens is 1. The van der Waals surface area contributed by atoms with Gasteiger partial charge in [0.1, 0.15) is 6.54 Å². The Labute approximate surface area is 150 Å². The first-order valence-corrected chi connectivity index (χ1v) is 8.32. The molecule has 0 saturated carbocycles. The van der Waals surface area contributed by atoms with Crippen molar-refractivity contribution in [2.45, 2.75) is 13.0 Å². The molecule has 6 nitrogen and oxygen atoms in total. The Hall–Kier alpha value is -3.41. The number of hydrogen-bond donors (Lipinski definition) is 1. The zero-order chi connectivity index (χ0) is 18.4. The molecule has 26 heavy (non-hydrogen) atoms. The number of hydrogen-bond acceptors (Lipinski definition) is 3. The van der Waals surface area contributed by atoms with Crippen LogP contribution in [-0.4, -0.2) is 22.0 Å². The van der Waals surface area contributed by atoms with Crippen molar-refractivity contribution in [1.82, 2.24) is 9.55 Å². The summed E-state index contributed by atoms with van der Waals surface area (Å²) in [6, 6.07) is 20.5. The fraction of sp³-hybridized carbons (Fsp3) is 0.150. The van der Waals surface area contributed by atoms with Crippen LogP contribution in [-0.2, 0) is 17.8 Å². The molecular formula is C20H19N3O3. The van der Waals surface area contributed by atoms with Gasteiger partial charge >= 0.3 is 5.69 Å². The topological polar surface area (TPSA) is 75.2 Å². The van der Waals surface area contributed by atoms with Crippen molar-refractivity contribution >= 4 is 11.6 Å². The van der Waals surface area contributed by atoms with E-state index in [4.69, 9.17) is 0 Å². The average molecular weight is 349 g/mol. The molecule has 0 unspecified atom stereocenters. The van der Waals surface area contributed by atoms with Crippen LogP contribution in [0.3, 0.4) is 0 Å². The van der Waals surface area contributed by atoms with Crippen LogP contribution in [0, 0.1) is 0 Å². The maximum atomic E-state index is 12.8. The van der Waals surface area contributed by atoms with Gasteiger partial charge in [-0.3, -0.25) is 19.1 Å². The Bertz CT molecular complexity index is 978. The molecule has 0 aliphatic heterocycles. The average Bonchev–Trinajstić information content (AvgIpc) is 2.66. The zero-order valence-electron chi connectivity index (χ0n) is 14.2. The van der Waals surface area contributed by atoms with E-state index in [9.17, 15) is 14.4 Å². The van der Waals surface area contributed by atoms with Gasteiger partial charge in [-0.25, -0.2) is 4.79 Å². The Morgan fingerprint density at radius 3 is 2.23 bits per heavy atom. The third-order valence-corrected chi connectivity index (χ3v) is 4.04. The summed E-state index contributed by atoms with van der Waals surface area (Å²) in [5, 5.41) is 0. The van der Waals surface area contributed by atoms with Crippen molar-refractivity contribution in [3.63, 3.8) is 0 Å². The van der Waals surface area contributed by atoms with E-state index in [2.05, 4.69) is 4.98 Å². The Morgan fingerprint density at radius 2 is 1.58 bits per heavy atom. The monoisotopic (exact) mass is 349 g/mol. The summed E-state index contributed by atoms with van der Waals surface area (Å²) in [5.74, 6) is -0.221. The minimum Gasteiger partial charge on any atom is -0.311 e. The van der Waals surface area contributed by atoms with E-state index < -0.39 is 11.2 Å². The van der Waals surface area contributed by atoms with E-state index in [-0.39, 0.29) is 12.5 Å². The number of aromatic amines is 1. The lowest BCUT2D eigenvalue weighted by molar-refractivity contribution is -0.119. The van der Waals surface area contributed by atoms with E-state index in [1.54, 1.807) is 4.90 Å². The van der Waals surface area contributed by atoms with E-state index in [1.165, 1.54) is 16.8 Å². The van der Waals surface area contributed by atoms with Gasteiger partial charge in [0.2, 0.25) is 5.91 Å². The quantitative estimate of drug-likeness (QED) is 0.737. The Balaban J connectivity index is 1.81. The molecule has 0 bridgehead atoms. The second-order valence-corrected chi connectivity index (χ2v) is 5.85. The first-order valence-electron chi connectivity index (χ1n) is 8.32. The van der Waals surface area contributed by atoms with Crippen molar-refractivity contribution in [2.75, 3.05) is 11.4 Å². The molecule has 6 heteroatoms. The molecule has 1 amide bonds. The normalized spacial score (nSPS) is 10.5. The summed E-state index contributed by atoms with van der Waals surface area (Å²) in [5.41, 5.74) is 0.818. The Morgan fingerprint density at radius 1 is 0.923 bits per heavy atom. The number of rotatable bonds is 6. The van der Waals surface area contributed by atoms with E-state index in [1.807, 2.05) is 60.7 Å². The van der Waals surface area contributed by atoms with Crippen LogP contribution >= 0.6 is 0 Å². The van der Waals surface area contributed by atoms with Crippen LogP contribution in [0.4, 0.5) is 5.69 Å². The van der Waals surface area contributed by atoms with Gasteiger partial charge in [-0.1, -0.05) is 48.5 Å². The highest BCUT2D eigenvalue weighted by Gasteiger charge is 2.16. The SMILES string of the molecule is O=C(Cn1ccc(=O)[nH]c1=O)N(CCc1ccccc1)c1ccccc1. The first kappa shape index (κ1) is 17.4. The van der Waals surface area contributed by atoms with Gasteiger partial charge in [0, 0.05) is 24.5 Å². The van der Waals surface area contributed by atoms with Gasteiger partial charge in [0.15, 0.2) is 0 Å². The molecule has 0 fully saturated rings. The number of nitrogens with zero attached hydrogens (tertiary/aromatic N) is 2. The predicted molar refractivity (Wildman–Crippen MR) is 100 cm³/mol. The Kier molecular flexibility index (Phi) is 5.43. The minimum absolute atomic E-state index is 0.140. The fourth-order valence-corrected chi connectivity index (χ4v) is 2.69. The molecule has 3 rings (SSSR count). The number of carbonyl (C=O) groups excluding carboxylic acids is 1. The molecular weight excluding hydrogens is 330 g/mol. The van der Waals surface area contributed by atoms with Gasteiger partial charge in [-0.05, 0) is 24.1 Å². The molecule has 0 atom stereocenters. The van der Waals surface area contributed by atoms with Crippen LogP contribution < -0.4 is 16.1 Å². The highest BCUT2D eigenvalue weighted by molar-refractivity contribution is 5.93. The molecule has 0 aliphatic rings. The van der Waals surface area contributed by atoms with E-state index in [0.717, 1.165) is 11.3 Å². The van der Waals surface area contributed by atoms with Gasteiger partial charge < -0.3 is 4.90 Å². The van der Waals surface area contributed by atoms with Crippen molar-refractivity contribution in [3.8, 4) is 0 Å². The number of benzene rings is 2. The predicted octanol–water partition coefficient (Wildman–Crippen LogP) is 1.81. The maximum Gasteiger partial charge on any atom is 0.328 e. The fourth-order valence-electron chi connectivity index (χ4n) is 2.69. The van der Waals surface area contributed by atoms with E-state index >= 15 is 0 Å². The van der Waals surface area contributed by atoms with Crippen molar-refractivity contribution < 1.29 is 4.79 Å². The zero-order valence-corrected chi connectivity index (χ0v) is 14.2. The number of para-hydroxylation sites is 1. The molecule has 0 radical (unpaired) electrons. The van der Waals surface area contributed by atoms with Gasteiger partial charge in [-0.2, -0.15) is 0 Å². The van der Waals surface area contributed by atoms with E-state index in [0.29, 0.717) is 13.0 Å². The number of carbonyl (C=O) groups is 1. The number of amides is 1. The van der Waals surface area contributed by atoms with Crippen molar-refractivity contribution in [3.05, 3.63) is 99.3 Å². The molecule has 1 heterocycles. The second-order valence-electron chi connectivity index (χ2n) is 5.85. The smallest absolute Gasteiger partial charge is 0.311 e. The van der Waals surface area contributed by atoms with Crippen LogP contribution in [0.5, 0.6) is 0 Å². The van der Waals surface area contributed by atoms with Gasteiger partial charge in [-0.15, -0.1) is 0 Å². The maximum absolute atomic E-state index is 12.8. The summed E-state index contributed by atoms with van der Waals surface area (Å²) < 4.78 is 1.20. The molecule has 132 valence electrons. The van der Waals surface area contributed by atoms with Crippen LogP contribution in [0.15, 0.2) is 82.5 Å². The van der Waals surface area contributed by atoms with Crippen molar-refractivity contribution in [1.29, 1.82) is 0 Å². The molecule has 0 saturated heterocycles. The highest BCUT2D eigenvalue weighted by atomic mass is 16.2. The standard InChI is InChI=1S/C20H19N3O3/c24-18-12-13-22(20(26)21-18)15-19(25)23(17-9-5-2-6-10-17)14-11-16-7-3-1-4-8-16/h1-10,12-13H,11,14-15H2,(H,21,24,26). The molecule has 1 aromatic heterocycles. The molecule has 0 spiro atoms. The van der Waals surface area contributed by atoms with Gasteiger partial charge in [0.05, 0.1) is 0 Å². The first-order chi connectivity index (χ1) is 12.6. The summed E-state index contributed by atoms with van der Waals surface area (Å²) in [6.45, 7) is 0.351. The lowest BCUT2D eigenvalue weighted by atomic mass is 10.1. The lowest BCUT2D eigenvalue weighted by Crippen LogP contribution is -2.39. The summed E-state index contributed by atoms with van der Waals surface area (Å²) in [4.78, 5) is 39.7. The molecule has 1 N–H and O–H groups in total. The number of anilines is 1. The number of nitrogens with one attached hydrogen (secondary N) is 1. The van der Waals surface area contributed by atoms with Crippen LogP contribution in [0.2, 0.25) is 0 Å². The highest BCUT2D eigenvalue weighted by Crippen LogP contribution is 2.15. The summed E-state index contributed by atoms with van der Waals surface area (Å²) in [6.07, 6.45) is 2.03. The third-order valence-electron chi connectivity index (χ3n) is 4.04. The lowest BCUT2D eigenvalue weighted by Gasteiger charge is -2.23. The van der Waals surface area contributed by atoms with Crippen molar-refractivity contribution in [2.24, 2.45) is 0 Å². The van der Waals surface area contributed by atoms with Crippen LogP contribution in [0.25, 0.3) is 0 Å². The molecule has 0 aliphatic carbocycles. The van der Waals surface area contributed by atoms with Gasteiger partial charge in [0.25, 0.3) is 5.56 Å². The second kappa shape index (κ2) is 8.11. The summed E-state index contributed by atoms with van der Waals surface area (Å²) in [7, 11) is 0. The minimum atomic E-state index is -0.595.